The standard InChI is InChI=1S/C13H10Cl2N2O/c14-9-3-5-10(6-4-9)17-13(15)11(7-18)12(16-17)8-1-2-8/h3-8H,1-2H2. The quantitative estimate of drug-likeness (QED) is 0.800. The van der Waals surface area contributed by atoms with E-state index in [1.54, 1.807) is 16.8 Å². The summed E-state index contributed by atoms with van der Waals surface area (Å²) in [6.45, 7) is 0. The van der Waals surface area contributed by atoms with Gasteiger partial charge in [-0.3, -0.25) is 4.79 Å². The van der Waals surface area contributed by atoms with Crippen molar-refractivity contribution in [2.24, 2.45) is 0 Å². The molecular weight excluding hydrogens is 271 g/mol. The molecule has 0 N–H and O–H groups in total. The largest absolute Gasteiger partial charge is 0.298 e. The van der Waals surface area contributed by atoms with E-state index in [2.05, 4.69) is 5.10 Å². The first kappa shape index (κ1) is 11.8. The molecule has 0 atom stereocenters. The molecule has 1 aliphatic carbocycles. The molecule has 1 aromatic carbocycles. The molecule has 1 aromatic heterocycles. The Morgan fingerprint density at radius 1 is 1.22 bits per heavy atom. The van der Waals surface area contributed by atoms with Gasteiger partial charge in [-0.15, -0.1) is 0 Å². The monoisotopic (exact) mass is 280 g/mol. The maximum absolute atomic E-state index is 11.1. The number of halogens is 2. The average Bonchev–Trinajstić information content (AvgIpc) is 3.15. The first-order valence-electron chi connectivity index (χ1n) is 5.70. The van der Waals surface area contributed by atoms with E-state index in [-0.39, 0.29) is 0 Å². The minimum absolute atomic E-state index is 0.370. The Morgan fingerprint density at radius 3 is 2.44 bits per heavy atom. The molecule has 0 unspecified atom stereocenters. The second kappa shape index (κ2) is 4.41. The van der Waals surface area contributed by atoms with Crippen molar-refractivity contribution >= 4 is 29.5 Å². The lowest BCUT2D eigenvalue weighted by Crippen LogP contribution is -1.96. The molecule has 3 nitrogen and oxygen atoms in total. The van der Waals surface area contributed by atoms with Gasteiger partial charge in [0.1, 0.15) is 5.15 Å². The highest BCUT2D eigenvalue weighted by Gasteiger charge is 2.31. The predicted molar refractivity (Wildman–Crippen MR) is 70.9 cm³/mol. The molecule has 5 heteroatoms. The molecular formula is C13H10Cl2N2O. The van der Waals surface area contributed by atoms with Gasteiger partial charge in [0.2, 0.25) is 0 Å². The third-order valence-corrected chi connectivity index (χ3v) is 3.66. The molecule has 1 aliphatic rings. The second-order valence-corrected chi connectivity index (χ2v) is 5.16. The minimum atomic E-state index is 0.370. The lowest BCUT2D eigenvalue weighted by Gasteiger charge is -2.02. The van der Waals surface area contributed by atoms with Gasteiger partial charge in [-0.25, -0.2) is 4.68 Å². The molecule has 0 radical (unpaired) electrons. The summed E-state index contributed by atoms with van der Waals surface area (Å²) >= 11 is 12.1. The average molecular weight is 281 g/mol. The molecule has 2 aromatic rings. The van der Waals surface area contributed by atoms with Crippen LogP contribution in [0.25, 0.3) is 5.69 Å². The fraction of sp³-hybridized carbons (Fsp3) is 0.231. The van der Waals surface area contributed by atoms with Crippen LogP contribution in [0.15, 0.2) is 24.3 Å². The second-order valence-electron chi connectivity index (χ2n) is 4.37. The molecule has 0 bridgehead atoms. The first-order valence-corrected chi connectivity index (χ1v) is 6.46. The Kier molecular flexibility index (Phi) is 2.88. The van der Waals surface area contributed by atoms with Crippen molar-refractivity contribution in [2.45, 2.75) is 18.8 Å². The van der Waals surface area contributed by atoms with Gasteiger partial charge in [-0.1, -0.05) is 23.2 Å². The number of hydrogen-bond donors (Lipinski definition) is 0. The maximum Gasteiger partial charge on any atom is 0.155 e. The van der Waals surface area contributed by atoms with E-state index in [1.165, 1.54) is 0 Å². The van der Waals surface area contributed by atoms with Crippen molar-refractivity contribution in [3.8, 4) is 5.69 Å². The number of carbonyl (C=O) groups excluding carboxylic acids is 1. The first-order chi connectivity index (χ1) is 8.70. The van der Waals surface area contributed by atoms with E-state index in [0.29, 0.717) is 21.7 Å². The van der Waals surface area contributed by atoms with Gasteiger partial charge >= 0.3 is 0 Å². The Balaban J connectivity index is 2.11. The third kappa shape index (κ3) is 1.93. The van der Waals surface area contributed by atoms with Crippen LogP contribution in [-0.4, -0.2) is 16.1 Å². The van der Waals surface area contributed by atoms with Crippen LogP contribution in [0.3, 0.4) is 0 Å². The zero-order valence-electron chi connectivity index (χ0n) is 9.44. The van der Waals surface area contributed by atoms with Crippen molar-refractivity contribution in [3.05, 3.63) is 45.7 Å². The van der Waals surface area contributed by atoms with E-state index < -0.39 is 0 Å². The van der Waals surface area contributed by atoms with Gasteiger partial charge in [-0.05, 0) is 37.1 Å². The number of hydrogen-bond acceptors (Lipinski definition) is 2. The fourth-order valence-corrected chi connectivity index (χ4v) is 2.35. The third-order valence-electron chi connectivity index (χ3n) is 3.04. The summed E-state index contributed by atoms with van der Waals surface area (Å²) in [5.41, 5.74) is 2.12. The zero-order chi connectivity index (χ0) is 12.7. The molecule has 18 heavy (non-hydrogen) atoms. The van der Waals surface area contributed by atoms with Crippen molar-refractivity contribution in [1.29, 1.82) is 0 Å². The highest BCUT2D eigenvalue weighted by molar-refractivity contribution is 6.32. The Labute approximate surface area is 114 Å². The molecule has 92 valence electrons. The highest BCUT2D eigenvalue weighted by Crippen LogP contribution is 2.42. The van der Waals surface area contributed by atoms with Gasteiger partial charge in [0.15, 0.2) is 6.29 Å². The predicted octanol–water partition coefficient (Wildman–Crippen LogP) is 3.87. The van der Waals surface area contributed by atoms with Gasteiger partial charge in [0.25, 0.3) is 0 Å². The molecule has 0 saturated heterocycles. The normalized spacial score (nSPS) is 14.8. The van der Waals surface area contributed by atoms with Crippen LogP contribution >= 0.6 is 23.2 Å². The Hall–Kier alpha value is -1.32. The number of aldehydes is 1. The molecule has 1 fully saturated rings. The number of rotatable bonds is 3. The van der Waals surface area contributed by atoms with Crippen LogP contribution in [0.5, 0.6) is 0 Å². The molecule has 1 heterocycles. The van der Waals surface area contributed by atoms with Crippen LogP contribution in [0.4, 0.5) is 0 Å². The van der Waals surface area contributed by atoms with Crippen LogP contribution in [-0.2, 0) is 0 Å². The number of carbonyl (C=O) groups is 1. The van der Waals surface area contributed by atoms with Crippen LogP contribution in [0.1, 0.15) is 34.8 Å². The fourth-order valence-electron chi connectivity index (χ4n) is 1.95. The highest BCUT2D eigenvalue weighted by atomic mass is 35.5. The molecule has 0 aliphatic heterocycles. The maximum atomic E-state index is 11.1. The van der Waals surface area contributed by atoms with Gasteiger partial charge < -0.3 is 0 Å². The molecule has 0 amide bonds. The van der Waals surface area contributed by atoms with Gasteiger partial charge in [-0.2, -0.15) is 5.10 Å². The van der Waals surface area contributed by atoms with E-state index in [4.69, 9.17) is 23.2 Å². The van der Waals surface area contributed by atoms with E-state index in [9.17, 15) is 4.79 Å². The zero-order valence-corrected chi connectivity index (χ0v) is 10.9. The summed E-state index contributed by atoms with van der Waals surface area (Å²) in [5.74, 6) is 0.385. The van der Waals surface area contributed by atoms with Crippen molar-refractivity contribution < 1.29 is 4.79 Å². The molecule has 1 saturated carbocycles. The van der Waals surface area contributed by atoms with Gasteiger partial charge in [0.05, 0.1) is 16.9 Å². The summed E-state index contributed by atoms with van der Waals surface area (Å²) < 4.78 is 1.59. The Morgan fingerprint density at radius 2 is 1.89 bits per heavy atom. The van der Waals surface area contributed by atoms with Crippen LogP contribution in [0, 0.1) is 0 Å². The van der Waals surface area contributed by atoms with E-state index >= 15 is 0 Å². The van der Waals surface area contributed by atoms with Crippen LogP contribution in [0.2, 0.25) is 10.2 Å². The van der Waals surface area contributed by atoms with Gasteiger partial charge in [0, 0.05) is 10.9 Å². The number of benzene rings is 1. The molecule has 0 spiro atoms. The van der Waals surface area contributed by atoms with E-state index in [0.717, 1.165) is 30.5 Å². The molecule has 3 rings (SSSR count). The lowest BCUT2D eigenvalue weighted by molar-refractivity contribution is 0.112. The summed E-state index contributed by atoms with van der Waals surface area (Å²) in [6, 6.07) is 7.19. The summed E-state index contributed by atoms with van der Waals surface area (Å²) in [4.78, 5) is 11.1. The van der Waals surface area contributed by atoms with Crippen molar-refractivity contribution in [2.75, 3.05) is 0 Å². The number of aromatic nitrogens is 2. The summed E-state index contributed by atoms with van der Waals surface area (Å²) in [6.07, 6.45) is 2.94. The topological polar surface area (TPSA) is 34.9 Å². The minimum Gasteiger partial charge on any atom is -0.298 e. The van der Waals surface area contributed by atoms with Crippen molar-refractivity contribution in [3.63, 3.8) is 0 Å². The van der Waals surface area contributed by atoms with E-state index in [1.807, 2.05) is 12.1 Å². The lowest BCUT2D eigenvalue weighted by atomic mass is 10.2. The smallest absolute Gasteiger partial charge is 0.155 e. The summed E-state index contributed by atoms with van der Waals surface area (Å²) in [5, 5.41) is 5.48. The SMILES string of the molecule is O=Cc1c(C2CC2)nn(-c2ccc(Cl)cc2)c1Cl. The Bertz CT molecular complexity index is 600. The van der Waals surface area contributed by atoms with Crippen molar-refractivity contribution in [1.82, 2.24) is 9.78 Å². The summed E-state index contributed by atoms with van der Waals surface area (Å²) in [7, 11) is 0. The number of nitrogens with zero attached hydrogens (tertiary/aromatic N) is 2. The van der Waals surface area contributed by atoms with Crippen LogP contribution < -0.4 is 0 Å².